The number of rotatable bonds is 2. The van der Waals surface area contributed by atoms with Crippen LogP contribution in [0, 0.1) is 0 Å². The van der Waals surface area contributed by atoms with E-state index >= 15 is 0 Å². The molecule has 98 valence electrons. The first kappa shape index (κ1) is 11.5. The third-order valence-corrected chi connectivity index (χ3v) is 3.83. The molecule has 6 heteroatoms. The zero-order chi connectivity index (χ0) is 12.5. The van der Waals surface area contributed by atoms with Crippen molar-refractivity contribution in [1.82, 2.24) is 15.0 Å². The zero-order valence-corrected chi connectivity index (χ0v) is 10.8. The minimum absolute atomic E-state index is 0.334. The number of nitrogens with zero attached hydrogens (tertiary/aromatic N) is 5. The van der Waals surface area contributed by atoms with Gasteiger partial charge in [0.1, 0.15) is 0 Å². The van der Waals surface area contributed by atoms with E-state index in [0.717, 1.165) is 31.5 Å². The van der Waals surface area contributed by atoms with Crippen molar-refractivity contribution in [2.75, 3.05) is 35.2 Å². The molecule has 2 aliphatic heterocycles. The van der Waals surface area contributed by atoms with Crippen molar-refractivity contribution in [3.63, 3.8) is 0 Å². The van der Waals surface area contributed by atoms with E-state index in [9.17, 15) is 0 Å². The number of hydrogen-bond acceptors (Lipinski definition) is 6. The van der Waals surface area contributed by atoms with Gasteiger partial charge in [0, 0.05) is 25.7 Å². The Hall–Kier alpha value is -1.59. The van der Waals surface area contributed by atoms with Crippen molar-refractivity contribution in [3.05, 3.63) is 0 Å². The van der Waals surface area contributed by atoms with Crippen LogP contribution in [0.2, 0.25) is 0 Å². The second-order valence-electron chi connectivity index (χ2n) is 5.17. The topological polar surface area (TPSA) is 71.2 Å². The molecule has 2 saturated heterocycles. The van der Waals surface area contributed by atoms with E-state index in [1.807, 2.05) is 0 Å². The lowest BCUT2D eigenvalue weighted by Gasteiger charge is -2.23. The molecule has 0 aromatic carbocycles. The highest BCUT2D eigenvalue weighted by Crippen LogP contribution is 2.25. The lowest BCUT2D eigenvalue weighted by molar-refractivity contribution is 0.712. The Morgan fingerprint density at radius 2 is 1.72 bits per heavy atom. The molecule has 2 N–H and O–H groups in total. The van der Waals surface area contributed by atoms with Gasteiger partial charge in [-0.1, -0.05) is 0 Å². The quantitative estimate of drug-likeness (QED) is 0.843. The van der Waals surface area contributed by atoms with E-state index < -0.39 is 0 Å². The summed E-state index contributed by atoms with van der Waals surface area (Å²) in [5, 5.41) is 0. The van der Waals surface area contributed by atoms with Crippen LogP contribution in [0.15, 0.2) is 0 Å². The van der Waals surface area contributed by atoms with E-state index in [1.165, 1.54) is 25.7 Å². The Balaban J connectivity index is 1.90. The van der Waals surface area contributed by atoms with Crippen molar-refractivity contribution in [1.29, 1.82) is 0 Å². The minimum Gasteiger partial charge on any atom is -0.368 e. The number of aromatic nitrogens is 3. The summed E-state index contributed by atoms with van der Waals surface area (Å²) in [4.78, 5) is 17.6. The molecular weight excluding hydrogens is 228 g/mol. The van der Waals surface area contributed by atoms with Gasteiger partial charge in [0.2, 0.25) is 17.8 Å². The monoisotopic (exact) mass is 248 g/mol. The van der Waals surface area contributed by atoms with Crippen molar-refractivity contribution in [2.24, 2.45) is 0 Å². The van der Waals surface area contributed by atoms with Gasteiger partial charge in [-0.15, -0.1) is 0 Å². The average Bonchev–Trinajstić information content (AvgIpc) is 2.98. The fourth-order valence-electron chi connectivity index (χ4n) is 2.79. The van der Waals surface area contributed by atoms with E-state index in [-0.39, 0.29) is 0 Å². The van der Waals surface area contributed by atoms with Crippen molar-refractivity contribution >= 4 is 17.8 Å². The summed E-state index contributed by atoms with van der Waals surface area (Å²) < 4.78 is 0. The maximum Gasteiger partial charge on any atom is 0.232 e. The molecule has 0 radical (unpaired) electrons. The number of hydrogen-bond donors (Lipinski definition) is 1. The van der Waals surface area contributed by atoms with E-state index in [2.05, 4.69) is 31.7 Å². The molecule has 1 aromatic rings. The molecule has 2 fully saturated rings. The Bertz CT molecular complexity index is 429. The Morgan fingerprint density at radius 1 is 1.00 bits per heavy atom. The second-order valence-corrected chi connectivity index (χ2v) is 5.17. The smallest absolute Gasteiger partial charge is 0.232 e. The number of anilines is 3. The van der Waals surface area contributed by atoms with Gasteiger partial charge in [-0.3, -0.25) is 0 Å². The van der Waals surface area contributed by atoms with Gasteiger partial charge in [0.15, 0.2) is 0 Å². The van der Waals surface area contributed by atoms with Gasteiger partial charge in [-0.05, 0) is 32.6 Å². The fourth-order valence-corrected chi connectivity index (χ4v) is 2.79. The Morgan fingerprint density at radius 3 is 2.39 bits per heavy atom. The maximum absolute atomic E-state index is 5.82. The summed E-state index contributed by atoms with van der Waals surface area (Å²) in [7, 11) is 0. The first-order valence-corrected chi connectivity index (χ1v) is 6.77. The molecule has 1 unspecified atom stereocenters. The number of nitrogen functional groups attached to an aromatic ring is 1. The SMILES string of the molecule is CC1CCCN1c1nc(N)nc(N2CCCC2)n1. The van der Waals surface area contributed by atoms with Crippen LogP contribution in [-0.2, 0) is 0 Å². The Labute approximate surface area is 107 Å². The second kappa shape index (κ2) is 4.59. The van der Waals surface area contributed by atoms with Crippen LogP contribution in [0.1, 0.15) is 32.6 Å². The van der Waals surface area contributed by atoms with Crippen molar-refractivity contribution in [2.45, 2.75) is 38.6 Å². The highest BCUT2D eigenvalue weighted by Gasteiger charge is 2.25. The molecule has 0 spiro atoms. The third-order valence-electron chi connectivity index (χ3n) is 3.83. The molecule has 0 amide bonds. The largest absolute Gasteiger partial charge is 0.368 e. The first-order valence-electron chi connectivity index (χ1n) is 6.77. The molecule has 1 aromatic heterocycles. The summed E-state index contributed by atoms with van der Waals surface area (Å²) in [5.41, 5.74) is 5.82. The lowest BCUT2D eigenvalue weighted by atomic mass is 10.2. The van der Waals surface area contributed by atoms with Gasteiger partial charge in [0.25, 0.3) is 0 Å². The summed E-state index contributed by atoms with van der Waals surface area (Å²) in [5.74, 6) is 1.82. The van der Waals surface area contributed by atoms with E-state index in [0.29, 0.717) is 12.0 Å². The van der Waals surface area contributed by atoms with Crippen LogP contribution < -0.4 is 15.5 Å². The molecule has 3 heterocycles. The van der Waals surface area contributed by atoms with Gasteiger partial charge in [-0.2, -0.15) is 15.0 Å². The highest BCUT2D eigenvalue weighted by molar-refractivity contribution is 5.45. The molecule has 3 rings (SSSR count). The molecule has 0 aliphatic carbocycles. The summed E-state index contributed by atoms with van der Waals surface area (Å²) in [6, 6.07) is 0.498. The van der Waals surface area contributed by atoms with Crippen LogP contribution >= 0.6 is 0 Å². The summed E-state index contributed by atoms with van der Waals surface area (Å²) in [6.07, 6.45) is 4.82. The van der Waals surface area contributed by atoms with Crippen molar-refractivity contribution in [3.8, 4) is 0 Å². The third kappa shape index (κ3) is 2.07. The van der Waals surface area contributed by atoms with Crippen LogP contribution in [0.4, 0.5) is 17.8 Å². The van der Waals surface area contributed by atoms with Gasteiger partial charge >= 0.3 is 0 Å². The molecular formula is C12H20N6. The molecule has 1 atom stereocenters. The maximum atomic E-state index is 5.82. The predicted octanol–water partition coefficient (Wildman–Crippen LogP) is 1.04. The number of nitrogens with two attached hydrogens (primary N) is 1. The molecule has 18 heavy (non-hydrogen) atoms. The zero-order valence-electron chi connectivity index (χ0n) is 10.8. The molecule has 2 aliphatic rings. The van der Waals surface area contributed by atoms with Crippen LogP contribution in [0.25, 0.3) is 0 Å². The molecule has 6 nitrogen and oxygen atoms in total. The fraction of sp³-hybridized carbons (Fsp3) is 0.750. The summed E-state index contributed by atoms with van der Waals surface area (Å²) >= 11 is 0. The van der Waals surface area contributed by atoms with E-state index in [1.54, 1.807) is 0 Å². The van der Waals surface area contributed by atoms with E-state index in [4.69, 9.17) is 5.73 Å². The normalized spacial score (nSPS) is 23.9. The standard InChI is InChI=1S/C12H20N6/c1-9-5-4-8-18(9)12-15-10(13)14-11(16-12)17-6-2-3-7-17/h9H,2-8H2,1H3,(H2,13,14,15,16). The van der Waals surface area contributed by atoms with Gasteiger partial charge < -0.3 is 15.5 Å². The average molecular weight is 248 g/mol. The highest BCUT2D eigenvalue weighted by atomic mass is 15.4. The Kier molecular flexibility index (Phi) is 2.93. The molecule has 0 bridgehead atoms. The minimum atomic E-state index is 0.334. The predicted molar refractivity (Wildman–Crippen MR) is 71.7 cm³/mol. The molecule has 0 saturated carbocycles. The van der Waals surface area contributed by atoms with Crippen LogP contribution in [0.5, 0.6) is 0 Å². The van der Waals surface area contributed by atoms with Crippen molar-refractivity contribution < 1.29 is 0 Å². The van der Waals surface area contributed by atoms with Crippen LogP contribution in [-0.4, -0.2) is 40.6 Å². The van der Waals surface area contributed by atoms with Gasteiger partial charge in [-0.25, -0.2) is 0 Å². The van der Waals surface area contributed by atoms with Crippen LogP contribution in [0.3, 0.4) is 0 Å². The lowest BCUT2D eigenvalue weighted by Crippen LogP contribution is -2.30. The first-order chi connectivity index (χ1) is 8.74. The van der Waals surface area contributed by atoms with Gasteiger partial charge in [0.05, 0.1) is 0 Å². The summed E-state index contributed by atoms with van der Waals surface area (Å²) in [6.45, 7) is 5.28.